The Hall–Kier alpha value is -1.73. The Kier molecular flexibility index (Phi) is 6.32. The van der Waals surface area contributed by atoms with Crippen molar-refractivity contribution in [3.8, 4) is 0 Å². The minimum absolute atomic E-state index is 0.118. The van der Waals surface area contributed by atoms with Gasteiger partial charge in [-0.1, -0.05) is 42.5 Å². The van der Waals surface area contributed by atoms with E-state index >= 15 is 0 Å². The van der Waals surface area contributed by atoms with Crippen LogP contribution in [0.3, 0.4) is 0 Å². The highest BCUT2D eigenvalue weighted by atomic mass is 32.2. The van der Waals surface area contributed by atoms with Crippen LogP contribution >= 0.6 is 0 Å². The first kappa shape index (κ1) is 20.0. The van der Waals surface area contributed by atoms with Crippen LogP contribution in [0.5, 0.6) is 0 Å². The fourth-order valence-corrected chi connectivity index (χ4v) is 4.75. The molecular formula is C21H28N2O3S. The Morgan fingerprint density at radius 3 is 2.44 bits per heavy atom. The molecule has 0 aliphatic carbocycles. The second kappa shape index (κ2) is 8.52. The zero-order valence-electron chi connectivity index (χ0n) is 15.9. The van der Waals surface area contributed by atoms with E-state index < -0.39 is 10.0 Å². The predicted octanol–water partition coefficient (Wildman–Crippen LogP) is 3.17. The van der Waals surface area contributed by atoms with Crippen molar-refractivity contribution in [2.45, 2.75) is 43.2 Å². The molecule has 3 rings (SSSR count). The van der Waals surface area contributed by atoms with Crippen LogP contribution in [0.2, 0.25) is 0 Å². The molecule has 0 spiro atoms. The van der Waals surface area contributed by atoms with Gasteiger partial charge in [0, 0.05) is 31.3 Å². The van der Waals surface area contributed by atoms with Crippen molar-refractivity contribution >= 4 is 10.0 Å². The quantitative estimate of drug-likeness (QED) is 0.765. The van der Waals surface area contributed by atoms with Crippen LogP contribution in [0.15, 0.2) is 59.5 Å². The summed E-state index contributed by atoms with van der Waals surface area (Å²) in [6.07, 6.45) is 1.53. The Bertz CT molecular complexity index is 847. The molecule has 2 aromatic carbocycles. The molecule has 2 aromatic rings. The highest BCUT2D eigenvalue weighted by Crippen LogP contribution is 2.25. The highest BCUT2D eigenvalue weighted by Gasteiger charge is 2.35. The molecule has 1 fully saturated rings. The van der Waals surface area contributed by atoms with E-state index in [-0.39, 0.29) is 11.6 Å². The third-order valence-electron chi connectivity index (χ3n) is 5.17. The van der Waals surface area contributed by atoms with Crippen molar-refractivity contribution in [3.05, 3.63) is 65.7 Å². The number of sulfonamides is 1. The van der Waals surface area contributed by atoms with Crippen molar-refractivity contribution in [2.75, 3.05) is 19.8 Å². The second-order valence-corrected chi connectivity index (χ2v) is 9.08. The predicted molar refractivity (Wildman–Crippen MR) is 107 cm³/mol. The van der Waals surface area contributed by atoms with Crippen LogP contribution in [0.4, 0.5) is 0 Å². The van der Waals surface area contributed by atoms with Crippen molar-refractivity contribution in [3.63, 3.8) is 0 Å². The van der Waals surface area contributed by atoms with Gasteiger partial charge in [-0.15, -0.1) is 0 Å². The molecule has 0 saturated carbocycles. The van der Waals surface area contributed by atoms with Crippen LogP contribution in [0, 0.1) is 6.92 Å². The Labute approximate surface area is 162 Å². The van der Waals surface area contributed by atoms with Gasteiger partial charge in [0.2, 0.25) is 10.0 Å². The van der Waals surface area contributed by atoms with Crippen LogP contribution < -0.4 is 10.0 Å². The van der Waals surface area contributed by atoms with E-state index in [0.29, 0.717) is 24.7 Å². The second-order valence-electron chi connectivity index (χ2n) is 7.31. The van der Waals surface area contributed by atoms with Crippen molar-refractivity contribution < 1.29 is 13.2 Å². The van der Waals surface area contributed by atoms with E-state index in [1.807, 2.05) is 31.2 Å². The average Bonchev–Trinajstić information content (AvgIpc) is 2.68. The maximum absolute atomic E-state index is 12.8. The maximum atomic E-state index is 12.8. The summed E-state index contributed by atoms with van der Waals surface area (Å²) in [5, 5.41) is 3.68. The summed E-state index contributed by atoms with van der Waals surface area (Å²) in [6.45, 7) is 5.59. The molecule has 0 bridgehead atoms. The van der Waals surface area contributed by atoms with Crippen LogP contribution in [0.1, 0.15) is 36.9 Å². The number of aryl methyl sites for hydroxylation is 1. The summed E-state index contributed by atoms with van der Waals surface area (Å²) in [6, 6.07) is 17.3. The normalized spacial score (nSPS) is 18.1. The van der Waals surface area contributed by atoms with Gasteiger partial charge in [-0.05, 0) is 49.9 Å². The molecule has 6 heteroatoms. The van der Waals surface area contributed by atoms with E-state index in [0.717, 1.165) is 18.4 Å². The summed E-state index contributed by atoms with van der Waals surface area (Å²) >= 11 is 0. The van der Waals surface area contributed by atoms with Crippen molar-refractivity contribution in [1.29, 1.82) is 0 Å². The molecule has 1 atom stereocenters. The molecule has 0 aromatic heterocycles. The zero-order valence-corrected chi connectivity index (χ0v) is 16.8. The van der Waals surface area contributed by atoms with Crippen molar-refractivity contribution in [1.82, 2.24) is 10.0 Å². The van der Waals surface area contributed by atoms with Gasteiger partial charge in [0.15, 0.2) is 0 Å². The summed E-state index contributed by atoms with van der Waals surface area (Å²) in [5.74, 6) is 0. The van der Waals surface area contributed by atoms with E-state index in [1.165, 1.54) is 5.56 Å². The molecule has 0 radical (unpaired) electrons. The smallest absolute Gasteiger partial charge is 0.240 e. The number of rotatable bonds is 7. The fraction of sp³-hybridized carbons (Fsp3) is 0.429. The van der Waals surface area contributed by atoms with E-state index in [1.54, 1.807) is 18.2 Å². The summed E-state index contributed by atoms with van der Waals surface area (Å²) in [4.78, 5) is 0.306. The van der Waals surface area contributed by atoms with Crippen molar-refractivity contribution in [2.24, 2.45) is 0 Å². The maximum Gasteiger partial charge on any atom is 0.240 e. The third-order valence-corrected chi connectivity index (χ3v) is 6.57. The molecule has 1 heterocycles. The zero-order chi connectivity index (χ0) is 19.3. The van der Waals surface area contributed by atoms with Crippen LogP contribution in [-0.2, 0) is 14.8 Å². The largest absolute Gasteiger partial charge is 0.381 e. The molecular weight excluding hydrogens is 360 g/mol. The highest BCUT2D eigenvalue weighted by molar-refractivity contribution is 7.89. The average molecular weight is 389 g/mol. The summed E-state index contributed by atoms with van der Waals surface area (Å²) in [5.41, 5.74) is 1.78. The number of hydrogen-bond acceptors (Lipinski definition) is 4. The molecule has 1 saturated heterocycles. The lowest BCUT2D eigenvalue weighted by molar-refractivity contribution is 0.0358. The summed E-state index contributed by atoms with van der Waals surface area (Å²) < 4.78 is 33.9. The first-order valence-corrected chi connectivity index (χ1v) is 10.9. The molecule has 1 aliphatic heterocycles. The number of hydrogen-bond donors (Lipinski definition) is 2. The van der Waals surface area contributed by atoms with Gasteiger partial charge in [0.25, 0.3) is 0 Å². The summed E-state index contributed by atoms with van der Waals surface area (Å²) in [7, 11) is -3.55. The van der Waals surface area contributed by atoms with Crippen LogP contribution in [-0.4, -0.2) is 33.7 Å². The van der Waals surface area contributed by atoms with Gasteiger partial charge in [-0.2, -0.15) is 0 Å². The van der Waals surface area contributed by atoms with Gasteiger partial charge >= 0.3 is 0 Å². The number of ether oxygens (including phenoxy) is 1. The van der Waals surface area contributed by atoms with Crippen LogP contribution in [0.25, 0.3) is 0 Å². The SMILES string of the molecule is Cc1cccc(S(=O)(=O)NCC2(NC(C)c3ccccc3)CCOCC2)c1. The minimum Gasteiger partial charge on any atom is -0.381 e. The number of benzene rings is 2. The molecule has 2 N–H and O–H groups in total. The standard InChI is InChI=1S/C21H28N2O3S/c1-17-7-6-10-20(15-17)27(24,25)22-16-21(11-13-26-14-12-21)23-18(2)19-8-4-3-5-9-19/h3-10,15,18,22-23H,11-14,16H2,1-2H3. The number of nitrogens with one attached hydrogen (secondary N) is 2. The molecule has 0 amide bonds. The minimum atomic E-state index is -3.55. The topological polar surface area (TPSA) is 67.4 Å². The first-order valence-electron chi connectivity index (χ1n) is 9.37. The lowest BCUT2D eigenvalue weighted by atomic mass is 9.88. The fourth-order valence-electron chi connectivity index (χ4n) is 3.52. The Morgan fingerprint density at radius 1 is 1.07 bits per heavy atom. The van der Waals surface area contributed by atoms with Gasteiger partial charge in [-0.25, -0.2) is 13.1 Å². The van der Waals surface area contributed by atoms with E-state index in [9.17, 15) is 8.42 Å². The Balaban J connectivity index is 1.75. The van der Waals surface area contributed by atoms with Gasteiger partial charge < -0.3 is 10.1 Å². The molecule has 5 nitrogen and oxygen atoms in total. The van der Waals surface area contributed by atoms with E-state index in [4.69, 9.17) is 4.74 Å². The first-order chi connectivity index (χ1) is 12.9. The van der Waals surface area contributed by atoms with Gasteiger partial charge in [0.1, 0.15) is 0 Å². The molecule has 27 heavy (non-hydrogen) atoms. The molecule has 1 unspecified atom stereocenters. The van der Waals surface area contributed by atoms with Gasteiger partial charge in [-0.3, -0.25) is 0 Å². The van der Waals surface area contributed by atoms with E-state index in [2.05, 4.69) is 29.1 Å². The third kappa shape index (κ3) is 5.17. The lowest BCUT2D eigenvalue weighted by Gasteiger charge is -2.40. The lowest BCUT2D eigenvalue weighted by Crippen LogP contribution is -2.57. The molecule has 146 valence electrons. The monoisotopic (exact) mass is 388 g/mol. The van der Waals surface area contributed by atoms with Gasteiger partial charge in [0.05, 0.1) is 4.90 Å². The molecule has 1 aliphatic rings. The Morgan fingerprint density at radius 2 is 1.78 bits per heavy atom.